The van der Waals surface area contributed by atoms with Gasteiger partial charge in [-0.2, -0.15) is 0 Å². The lowest BCUT2D eigenvalue weighted by molar-refractivity contribution is -0.139. The molecule has 0 radical (unpaired) electrons. The van der Waals surface area contributed by atoms with Crippen molar-refractivity contribution in [2.75, 3.05) is 24.0 Å². The van der Waals surface area contributed by atoms with Crippen molar-refractivity contribution in [1.82, 2.24) is 10.2 Å². The summed E-state index contributed by atoms with van der Waals surface area (Å²) in [6.45, 7) is 5.26. The van der Waals surface area contributed by atoms with Crippen LogP contribution in [-0.4, -0.2) is 50.9 Å². The first-order chi connectivity index (χ1) is 19.1. The SMILES string of the molecule is CCCNC(=O)[C@@H](C)N(Cc1ccccc1F)C(=O)CN(c1ccc(OCC)cc1)S(=O)(=O)c1ccc(Br)cc1. The summed E-state index contributed by atoms with van der Waals surface area (Å²) in [5.41, 5.74) is 0.433. The molecule has 214 valence electrons. The number of rotatable bonds is 13. The van der Waals surface area contributed by atoms with Crippen molar-refractivity contribution < 1.29 is 27.1 Å². The van der Waals surface area contributed by atoms with E-state index in [-0.39, 0.29) is 22.7 Å². The van der Waals surface area contributed by atoms with Crippen LogP contribution in [0.25, 0.3) is 0 Å². The van der Waals surface area contributed by atoms with Crippen LogP contribution in [0.15, 0.2) is 82.2 Å². The molecule has 8 nitrogen and oxygen atoms in total. The molecule has 1 atom stereocenters. The molecule has 0 saturated carbocycles. The monoisotopic (exact) mass is 633 g/mol. The van der Waals surface area contributed by atoms with E-state index in [1.807, 2.05) is 13.8 Å². The second-order valence-electron chi connectivity index (χ2n) is 8.97. The number of amides is 2. The van der Waals surface area contributed by atoms with Crippen molar-refractivity contribution in [2.45, 2.75) is 44.7 Å². The van der Waals surface area contributed by atoms with Crippen LogP contribution in [-0.2, 0) is 26.2 Å². The Morgan fingerprint density at radius 1 is 1.00 bits per heavy atom. The Morgan fingerprint density at radius 3 is 2.25 bits per heavy atom. The maximum Gasteiger partial charge on any atom is 0.264 e. The highest BCUT2D eigenvalue weighted by Crippen LogP contribution is 2.27. The van der Waals surface area contributed by atoms with Gasteiger partial charge in [-0.05, 0) is 74.9 Å². The smallest absolute Gasteiger partial charge is 0.264 e. The normalized spacial score (nSPS) is 11.9. The van der Waals surface area contributed by atoms with E-state index < -0.39 is 40.2 Å². The molecule has 3 aromatic rings. The van der Waals surface area contributed by atoms with Gasteiger partial charge < -0.3 is 15.0 Å². The van der Waals surface area contributed by atoms with Crippen LogP contribution >= 0.6 is 15.9 Å². The molecule has 11 heteroatoms. The molecule has 0 fully saturated rings. The second-order valence-corrected chi connectivity index (χ2v) is 11.8. The van der Waals surface area contributed by atoms with Crippen molar-refractivity contribution in [1.29, 1.82) is 0 Å². The van der Waals surface area contributed by atoms with E-state index in [0.29, 0.717) is 29.8 Å². The molecule has 3 rings (SSSR count). The number of carbonyl (C=O) groups excluding carboxylic acids is 2. The Morgan fingerprint density at radius 2 is 1.65 bits per heavy atom. The first-order valence-corrected chi connectivity index (χ1v) is 15.1. The van der Waals surface area contributed by atoms with Crippen LogP contribution in [0.1, 0.15) is 32.8 Å². The van der Waals surface area contributed by atoms with Crippen LogP contribution in [0.4, 0.5) is 10.1 Å². The molecular weight excluding hydrogens is 601 g/mol. The number of benzene rings is 3. The first kappa shape index (κ1) is 31.1. The summed E-state index contributed by atoms with van der Waals surface area (Å²) >= 11 is 3.31. The zero-order valence-corrected chi connectivity index (χ0v) is 25.0. The number of sulfonamides is 1. The fourth-order valence-electron chi connectivity index (χ4n) is 3.93. The van der Waals surface area contributed by atoms with E-state index in [1.54, 1.807) is 42.5 Å². The predicted molar refractivity (Wildman–Crippen MR) is 156 cm³/mol. The molecule has 0 bridgehead atoms. The largest absolute Gasteiger partial charge is 0.494 e. The Hall–Kier alpha value is -3.44. The first-order valence-electron chi connectivity index (χ1n) is 12.9. The fourth-order valence-corrected chi connectivity index (χ4v) is 5.60. The van der Waals surface area contributed by atoms with Crippen LogP contribution in [0.5, 0.6) is 5.75 Å². The van der Waals surface area contributed by atoms with Gasteiger partial charge in [0.25, 0.3) is 10.0 Å². The molecule has 0 aromatic heterocycles. The average molecular weight is 635 g/mol. The summed E-state index contributed by atoms with van der Waals surface area (Å²) in [7, 11) is -4.22. The highest BCUT2D eigenvalue weighted by molar-refractivity contribution is 9.10. The van der Waals surface area contributed by atoms with Gasteiger partial charge in [0.05, 0.1) is 17.2 Å². The number of hydrogen-bond donors (Lipinski definition) is 1. The van der Waals surface area contributed by atoms with Crippen molar-refractivity contribution in [3.63, 3.8) is 0 Å². The lowest BCUT2D eigenvalue weighted by Gasteiger charge is -2.32. The van der Waals surface area contributed by atoms with Crippen molar-refractivity contribution >= 4 is 43.5 Å². The summed E-state index contributed by atoms with van der Waals surface area (Å²) in [4.78, 5) is 27.9. The lowest BCUT2D eigenvalue weighted by atomic mass is 10.1. The van der Waals surface area contributed by atoms with E-state index in [9.17, 15) is 22.4 Å². The fraction of sp³-hybridized carbons (Fsp3) is 0.310. The maximum atomic E-state index is 14.6. The Bertz CT molecular complexity index is 1400. The third kappa shape index (κ3) is 7.82. The Balaban J connectivity index is 2.03. The second kappa shape index (κ2) is 14.3. The summed E-state index contributed by atoms with van der Waals surface area (Å²) < 4.78 is 49.4. The zero-order chi connectivity index (χ0) is 29.3. The molecule has 0 unspecified atom stereocenters. The van der Waals surface area contributed by atoms with E-state index in [4.69, 9.17) is 4.74 Å². The third-order valence-electron chi connectivity index (χ3n) is 6.13. The summed E-state index contributed by atoms with van der Waals surface area (Å²) in [5.74, 6) is -1.08. The van der Waals surface area contributed by atoms with E-state index in [0.717, 1.165) is 4.31 Å². The van der Waals surface area contributed by atoms with E-state index in [1.165, 1.54) is 42.2 Å². The Kier molecular flexibility index (Phi) is 11.1. The van der Waals surface area contributed by atoms with Gasteiger partial charge in [-0.15, -0.1) is 0 Å². The third-order valence-corrected chi connectivity index (χ3v) is 8.45. The molecular formula is C29H33BrFN3O5S. The highest BCUT2D eigenvalue weighted by Gasteiger charge is 2.32. The molecule has 2 amide bonds. The van der Waals surface area contributed by atoms with Gasteiger partial charge in [-0.1, -0.05) is 41.1 Å². The molecule has 0 aliphatic rings. The van der Waals surface area contributed by atoms with Crippen molar-refractivity contribution in [3.8, 4) is 5.75 Å². The minimum absolute atomic E-state index is 0.0215. The van der Waals surface area contributed by atoms with E-state index >= 15 is 0 Å². The van der Waals surface area contributed by atoms with Gasteiger partial charge in [0.1, 0.15) is 24.2 Å². The molecule has 40 heavy (non-hydrogen) atoms. The summed E-state index contributed by atoms with van der Waals surface area (Å²) in [6, 6.07) is 17.3. The molecule has 1 N–H and O–H groups in total. The average Bonchev–Trinajstić information content (AvgIpc) is 2.94. The number of nitrogens with one attached hydrogen (secondary N) is 1. The van der Waals surface area contributed by atoms with Gasteiger partial charge in [0.2, 0.25) is 11.8 Å². The highest BCUT2D eigenvalue weighted by atomic mass is 79.9. The molecule has 0 heterocycles. The quantitative estimate of drug-likeness (QED) is 0.282. The van der Waals surface area contributed by atoms with Crippen molar-refractivity contribution in [3.05, 3.63) is 88.6 Å². The van der Waals surface area contributed by atoms with Crippen LogP contribution in [0.2, 0.25) is 0 Å². The topological polar surface area (TPSA) is 96.0 Å². The predicted octanol–water partition coefficient (Wildman–Crippen LogP) is 5.13. The lowest BCUT2D eigenvalue weighted by Crippen LogP contribution is -2.51. The van der Waals surface area contributed by atoms with Crippen LogP contribution in [0, 0.1) is 5.82 Å². The zero-order valence-electron chi connectivity index (χ0n) is 22.6. The maximum absolute atomic E-state index is 14.6. The van der Waals surface area contributed by atoms with Gasteiger partial charge in [-0.25, -0.2) is 12.8 Å². The number of ether oxygens (including phenoxy) is 1. The standard InChI is InChI=1S/C29H33BrFN3O5S/c1-4-18-32-29(36)21(3)33(19-22-8-6-7-9-27(22)31)28(35)20-34(24-12-14-25(15-13-24)39-5-2)40(37,38)26-16-10-23(30)11-17-26/h6-17,21H,4-5,18-20H2,1-3H3,(H,32,36)/t21-/m1/s1. The summed E-state index contributed by atoms with van der Waals surface area (Å²) in [6.07, 6.45) is 0.691. The molecule has 3 aromatic carbocycles. The Labute approximate surface area is 243 Å². The molecule has 0 saturated heterocycles. The summed E-state index contributed by atoms with van der Waals surface area (Å²) in [5, 5.41) is 2.76. The van der Waals surface area contributed by atoms with Gasteiger partial charge in [-0.3, -0.25) is 13.9 Å². The van der Waals surface area contributed by atoms with Gasteiger partial charge in [0.15, 0.2) is 0 Å². The number of halogens is 2. The number of anilines is 1. The number of carbonyl (C=O) groups is 2. The number of hydrogen-bond acceptors (Lipinski definition) is 5. The van der Waals surface area contributed by atoms with E-state index in [2.05, 4.69) is 21.2 Å². The number of nitrogens with zero attached hydrogens (tertiary/aromatic N) is 2. The van der Waals surface area contributed by atoms with Crippen LogP contribution < -0.4 is 14.4 Å². The van der Waals surface area contributed by atoms with Gasteiger partial charge >= 0.3 is 0 Å². The minimum Gasteiger partial charge on any atom is -0.494 e. The molecule has 0 aliphatic carbocycles. The van der Waals surface area contributed by atoms with Crippen molar-refractivity contribution in [2.24, 2.45) is 0 Å². The minimum atomic E-state index is -4.22. The van der Waals surface area contributed by atoms with Crippen LogP contribution in [0.3, 0.4) is 0 Å². The van der Waals surface area contributed by atoms with Gasteiger partial charge in [0, 0.05) is 23.1 Å². The molecule has 0 aliphatic heterocycles. The molecule has 0 spiro atoms.